The van der Waals surface area contributed by atoms with Crippen LogP contribution in [0.25, 0.3) is 0 Å². The minimum Gasteiger partial charge on any atom is -0.491 e. The molecule has 0 spiro atoms. The van der Waals surface area contributed by atoms with Gasteiger partial charge in [-0.05, 0) is 31.0 Å². The Labute approximate surface area is 96.0 Å². The first-order valence-corrected chi connectivity index (χ1v) is 4.83. The van der Waals surface area contributed by atoms with E-state index in [1.807, 2.05) is 13.8 Å². The van der Waals surface area contributed by atoms with Crippen molar-refractivity contribution in [2.24, 2.45) is 5.73 Å². The number of halogens is 2. The molecule has 0 saturated heterocycles. The highest BCUT2D eigenvalue weighted by molar-refractivity contribution is 5.85. The highest BCUT2D eigenvalue weighted by atomic mass is 35.5. The van der Waals surface area contributed by atoms with Crippen LogP contribution in [0.3, 0.4) is 0 Å². The number of hydrogen-bond acceptors (Lipinski definition) is 2. The van der Waals surface area contributed by atoms with Crippen molar-refractivity contribution < 1.29 is 9.13 Å². The summed E-state index contributed by atoms with van der Waals surface area (Å²) in [7, 11) is 0. The van der Waals surface area contributed by atoms with Gasteiger partial charge in [-0.25, -0.2) is 4.39 Å². The Morgan fingerprint density at radius 3 is 2.60 bits per heavy atom. The maximum Gasteiger partial charge on any atom is 0.165 e. The SMILES string of the molecule is CCCOc1ccc(C(C)N)cc1F.Cl. The van der Waals surface area contributed by atoms with Gasteiger partial charge in [0.25, 0.3) is 0 Å². The molecule has 0 amide bonds. The van der Waals surface area contributed by atoms with E-state index in [1.54, 1.807) is 12.1 Å². The maximum absolute atomic E-state index is 13.4. The van der Waals surface area contributed by atoms with Crippen molar-refractivity contribution >= 4 is 12.4 Å². The van der Waals surface area contributed by atoms with Gasteiger partial charge in [-0.1, -0.05) is 13.0 Å². The average molecular weight is 234 g/mol. The number of hydrogen-bond donors (Lipinski definition) is 1. The monoisotopic (exact) mass is 233 g/mol. The fourth-order valence-corrected chi connectivity index (χ4v) is 1.13. The van der Waals surface area contributed by atoms with E-state index in [0.29, 0.717) is 12.4 Å². The summed E-state index contributed by atoms with van der Waals surface area (Å²) in [5.74, 6) is -0.0375. The molecule has 2 N–H and O–H groups in total. The van der Waals surface area contributed by atoms with Crippen molar-refractivity contribution in [3.05, 3.63) is 29.6 Å². The lowest BCUT2D eigenvalue weighted by molar-refractivity contribution is 0.301. The summed E-state index contributed by atoms with van der Waals surface area (Å²) in [5, 5.41) is 0. The van der Waals surface area contributed by atoms with Gasteiger partial charge in [-0.2, -0.15) is 0 Å². The molecular weight excluding hydrogens is 217 g/mol. The lowest BCUT2D eigenvalue weighted by atomic mass is 10.1. The Morgan fingerprint density at radius 2 is 2.13 bits per heavy atom. The summed E-state index contributed by atoms with van der Waals surface area (Å²) >= 11 is 0. The number of ether oxygens (including phenoxy) is 1. The van der Waals surface area contributed by atoms with Gasteiger partial charge in [0.2, 0.25) is 0 Å². The van der Waals surface area contributed by atoms with E-state index in [1.165, 1.54) is 6.07 Å². The van der Waals surface area contributed by atoms with Gasteiger partial charge in [0, 0.05) is 6.04 Å². The fraction of sp³-hybridized carbons (Fsp3) is 0.455. The molecule has 0 heterocycles. The van der Waals surface area contributed by atoms with Crippen molar-refractivity contribution in [1.82, 2.24) is 0 Å². The first-order valence-electron chi connectivity index (χ1n) is 4.83. The second-order valence-electron chi connectivity index (χ2n) is 3.33. The van der Waals surface area contributed by atoms with Gasteiger partial charge in [-0.15, -0.1) is 12.4 Å². The first-order chi connectivity index (χ1) is 6.65. The smallest absolute Gasteiger partial charge is 0.165 e. The third-order valence-electron chi connectivity index (χ3n) is 1.94. The van der Waals surface area contributed by atoms with Crippen LogP contribution >= 0.6 is 12.4 Å². The quantitative estimate of drug-likeness (QED) is 0.868. The lowest BCUT2D eigenvalue weighted by Gasteiger charge is -2.09. The summed E-state index contributed by atoms with van der Waals surface area (Å²) in [5.41, 5.74) is 6.41. The molecule has 1 atom stereocenters. The molecule has 0 aliphatic heterocycles. The molecule has 0 fully saturated rings. The molecule has 0 aliphatic rings. The third-order valence-corrected chi connectivity index (χ3v) is 1.94. The van der Waals surface area contributed by atoms with Crippen LogP contribution in [0.2, 0.25) is 0 Å². The number of nitrogens with two attached hydrogens (primary N) is 1. The second-order valence-corrected chi connectivity index (χ2v) is 3.33. The molecule has 86 valence electrons. The maximum atomic E-state index is 13.4. The minimum atomic E-state index is -0.340. The summed E-state index contributed by atoms with van der Waals surface area (Å²) in [6, 6.07) is 4.70. The molecular formula is C11H17ClFNO. The van der Waals surface area contributed by atoms with E-state index in [4.69, 9.17) is 10.5 Å². The molecule has 0 radical (unpaired) electrons. The van der Waals surface area contributed by atoms with Crippen LogP contribution in [0.5, 0.6) is 5.75 Å². The van der Waals surface area contributed by atoms with Crippen molar-refractivity contribution in [2.45, 2.75) is 26.3 Å². The standard InChI is InChI=1S/C11H16FNO.ClH/c1-3-6-14-11-5-4-9(8(2)13)7-10(11)12;/h4-5,7-8H,3,6,13H2,1-2H3;1H. The van der Waals surface area contributed by atoms with Gasteiger partial charge in [-0.3, -0.25) is 0 Å². The molecule has 2 nitrogen and oxygen atoms in total. The normalized spacial score (nSPS) is 11.7. The van der Waals surface area contributed by atoms with E-state index in [9.17, 15) is 4.39 Å². The van der Waals surface area contributed by atoms with Crippen molar-refractivity contribution in [3.63, 3.8) is 0 Å². The van der Waals surface area contributed by atoms with Crippen molar-refractivity contribution in [2.75, 3.05) is 6.61 Å². The Balaban J connectivity index is 0.00000196. The van der Waals surface area contributed by atoms with Crippen LogP contribution in [0, 0.1) is 5.82 Å². The summed E-state index contributed by atoms with van der Waals surface area (Å²) < 4.78 is 18.6. The van der Waals surface area contributed by atoms with Gasteiger partial charge < -0.3 is 10.5 Å². The lowest BCUT2D eigenvalue weighted by Crippen LogP contribution is -2.06. The van der Waals surface area contributed by atoms with Crippen molar-refractivity contribution in [1.29, 1.82) is 0 Å². The molecule has 4 heteroatoms. The first kappa shape index (κ1) is 14.2. The molecule has 15 heavy (non-hydrogen) atoms. The number of rotatable bonds is 4. The van der Waals surface area contributed by atoms with Gasteiger partial charge in [0.05, 0.1) is 6.61 Å². The second kappa shape index (κ2) is 6.64. The molecule has 0 saturated carbocycles. The largest absolute Gasteiger partial charge is 0.491 e. The van der Waals surface area contributed by atoms with Crippen molar-refractivity contribution in [3.8, 4) is 5.75 Å². The molecule has 1 rings (SSSR count). The molecule has 0 bridgehead atoms. The van der Waals surface area contributed by atoms with E-state index in [-0.39, 0.29) is 24.3 Å². The van der Waals surface area contributed by atoms with Crippen LogP contribution in [0.4, 0.5) is 4.39 Å². The Hall–Kier alpha value is -0.800. The minimum absolute atomic E-state index is 0. The van der Waals surface area contributed by atoms with Gasteiger partial charge in [0.15, 0.2) is 11.6 Å². The summed E-state index contributed by atoms with van der Waals surface area (Å²) in [6.07, 6.45) is 0.870. The molecule has 0 aromatic heterocycles. The Morgan fingerprint density at radius 1 is 1.47 bits per heavy atom. The van der Waals surface area contributed by atoms with E-state index in [0.717, 1.165) is 12.0 Å². The molecule has 1 unspecified atom stereocenters. The topological polar surface area (TPSA) is 35.2 Å². The number of benzene rings is 1. The van der Waals surface area contributed by atoms with Crippen LogP contribution < -0.4 is 10.5 Å². The van der Waals surface area contributed by atoms with Crippen LogP contribution in [0.1, 0.15) is 31.9 Å². The van der Waals surface area contributed by atoms with Crippen LogP contribution in [-0.2, 0) is 0 Å². The van der Waals surface area contributed by atoms with Gasteiger partial charge in [0.1, 0.15) is 0 Å². The zero-order valence-electron chi connectivity index (χ0n) is 9.00. The molecule has 1 aromatic rings. The Bertz CT molecular complexity index is 305. The predicted molar refractivity (Wildman–Crippen MR) is 62.0 cm³/mol. The van der Waals surface area contributed by atoms with Crippen LogP contribution in [0.15, 0.2) is 18.2 Å². The van der Waals surface area contributed by atoms with Crippen LogP contribution in [-0.4, -0.2) is 6.61 Å². The third kappa shape index (κ3) is 4.06. The van der Waals surface area contributed by atoms with Gasteiger partial charge >= 0.3 is 0 Å². The summed E-state index contributed by atoms with van der Waals surface area (Å²) in [4.78, 5) is 0. The average Bonchev–Trinajstić information content (AvgIpc) is 2.15. The Kier molecular flexibility index (Phi) is 6.29. The highest BCUT2D eigenvalue weighted by Crippen LogP contribution is 2.21. The predicted octanol–water partition coefficient (Wildman–Crippen LogP) is 3.06. The zero-order chi connectivity index (χ0) is 10.6. The van der Waals surface area contributed by atoms with E-state index < -0.39 is 0 Å². The zero-order valence-corrected chi connectivity index (χ0v) is 9.81. The van der Waals surface area contributed by atoms with E-state index >= 15 is 0 Å². The fourth-order valence-electron chi connectivity index (χ4n) is 1.13. The highest BCUT2D eigenvalue weighted by Gasteiger charge is 2.06. The molecule has 1 aromatic carbocycles. The molecule has 0 aliphatic carbocycles. The summed E-state index contributed by atoms with van der Waals surface area (Å²) in [6.45, 7) is 4.34. The van der Waals surface area contributed by atoms with E-state index in [2.05, 4.69) is 0 Å².